The largest absolute Gasteiger partial charge is 0.476 e. The van der Waals surface area contributed by atoms with Gasteiger partial charge in [0, 0.05) is 24.1 Å². The van der Waals surface area contributed by atoms with Crippen LogP contribution in [0.2, 0.25) is 0 Å². The molecule has 0 saturated carbocycles. The number of amides is 2. The van der Waals surface area contributed by atoms with Gasteiger partial charge >= 0.3 is 5.97 Å². The molecule has 1 aromatic rings. The fourth-order valence-corrected chi connectivity index (χ4v) is 3.53. The molecule has 29 heavy (non-hydrogen) atoms. The first-order valence-corrected chi connectivity index (χ1v) is 9.71. The van der Waals surface area contributed by atoms with Gasteiger partial charge in [-0.25, -0.2) is 4.79 Å². The van der Waals surface area contributed by atoms with Gasteiger partial charge in [-0.2, -0.15) is 0 Å². The lowest BCUT2D eigenvalue weighted by atomic mass is 10.0. The van der Waals surface area contributed by atoms with Crippen molar-refractivity contribution in [2.24, 2.45) is 0 Å². The van der Waals surface area contributed by atoms with Gasteiger partial charge < -0.3 is 14.6 Å². The Morgan fingerprint density at radius 3 is 2.52 bits per heavy atom. The van der Waals surface area contributed by atoms with Crippen molar-refractivity contribution in [1.82, 2.24) is 10.2 Å². The summed E-state index contributed by atoms with van der Waals surface area (Å²) >= 11 is 0. The molecule has 158 valence electrons. The summed E-state index contributed by atoms with van der Waals surface area (Å²) in [6, 6.07) is 4.61. The number of hydrogen-bond acceptors (Lipinski definition) is 7. The van der Waals surface area contributed by atoms with E-state index in [4.69, 9.17) is 9.47 Å². The molecule has 2 N–H and O–H groups in total. The molecule has 0 bridgehead atoms. The third kappa shape index (κ3) is 4.43. The Bertz CT molecular complexity index is 842. The lowest BCUT2D eigenvalue weighted by molar-refractivity contribution is -0.171. The summed E-state index contributed by atoms with van der Waals surface area (Å²) in [4.78, 5) is 37.9. The molecule has 3 rings (SSSR count). The van der Waals surface area contributed by atoms with E-state index in [1.165, 1.54) is 0 Å². The molecule has 2 aliphatic rings. The van der Waals surface area contributed by atoms with Crippen molar-refractivity contribution in [2.45, 2.75) is 77.5 Å². The molecule has 8 nitrogen and oxygen atoms in total. The van der Waals surface area contributed by atoms with E-state index in [0.717, 1.165) is 0 Å². The Morgan fingerprint density at radius 2 is 1.90 bits per heavy atom. The normalized spacial score (nSPS) is 22.8. The molecule has 1 aromatic carbocycles. The molecular formula is C21H28N2O6. The van der Waals surface area contributed by atoms with Crippen LogP contribution in [0.5, 0.6) is 5.75 Å². The van der Waals surface area contributed by atoms with E-state index in [1.807, 2.05) is 0 Å². The van der Waals surface area contributed by atoms with Gasteiger partial charge in [-0.1, -0.05) is 12.1 Å². The van der Waals surface area contributed by atoms with Gasteiger partial charge in [0.25, 0.3) is 0 Å². The molecule has 1 fully saturated rings. The first-order chi connectivity index (χ1) is 13.4. The minimum absolute atomic E-state index is 0.227. The van der Waals surface area contributed by atoms with Gasteiger partial charge in [0.15, 0.2) is 5.60 Å². The first-order valence-electron chi connectivity index (χ1n) is 9.71. The molecule has 8 heteroatoms. The van der Waals surface area contributed by atoms with Gasteiger partial charge in [0.1, 0.15) is 17.6 Å². The van der Waals surface area contributed by atoms with Crippen LogP contribution in [0, 0.1) is 0 Å². The van der Waals surface area contributed by atoms with Gasteiger partial charge in [0.2, 0.25) is 11.8 Å². The van der Waals surface area contributed by atoms with E-state index in [-0.39, 0.29) is 18.9 Å². The number of benzene rings is 1. The summed E-state index contributed by atoms with van der Waals surface area (Å²) in [5, 5.41) is 13.1. The average molecular weight is 404 g/mol. The zero-order chi connectivity index (χ0) is 21.6. The summed E-state index contributed by atoms with van der Waals surface area (Å²) in [6.07, 6.45) is -0.428. The zero-order valence-corrected chi connectivity index (χ0v) is 17.4. The number of ether oxygens (including phenoxy) is 2. The van der Waals surface area contributed by atoms with Crippen LogP contribution < -0.4 is 10.1 Å². The molecule has 0 spiro atoms. The summed E-state index contributed by atoms with van der Waals surface area (Å²) < 4.78 is 11.5. The van der Waals surface area contributed by atoms with Crippen molar-refractivity contribution in [3.8, 4) is 5.75 Å². The zero-order valence-electron chi connectivity index (χ0n) is 17.4. The number of esters is 1. The fraction of sp³-hybridized carbons (Fsp3) is 0.571. The van der Waals surface area contributed by atoms with Crippen LogP contribution in [0.1, 0.15) is 64.8 Å². The average Bonchev–Trinajstić information content (AvgIpc) is 2.91. The van der Waals surface area contributed by atoms with Crippen molar-refractivity contribution in [2.75, 3.05) is 0 Å². The maximum Gasteiger partial charge on any atom is 0.350 e. The maximum atomic E-state index is 12.5. The molecule has 2 atom stereocenters. The number of carbonyl (C=O) groups excluding carboxylic acids is 3. The second-order valence-electron chi connectivity index (χ2n) is 8.95. The molecule has 1 saturated heterocycles. The number of rotatable bonds is 4. The third-order valence-electron chi connectivity index (χ3n) is 4.97. The molecule has 2 unspecified atom stereocenters. The number of nitrogens with one attached hydrogen (secondary N) is 1. The minimum Gasteiger partial charge on any atom is -0.476 e. The molecule has 2 amide bonds. The Morgan fingerprint density at radius 1 is 1.21 bits per heavy atom. The van der Waals surface area contributed by atoms with E-state index >= 15 is 0 Å². The summed E-state index contributed by atoms with van der Waals surface area (Å²) in [7, 11) is 0. The number of hydrogen-bond donors (Lipinski definition) is 2. The quantitative estimate of drug-likeness (QED) is 0.582. The maximum absolute atomic E-state index is 12.5. The Hall–Kier alpha value is -2.45. The Kier molecular flexibility index (Phi) is 5.44. The number of piperidine rings is 1. The monoisotopic (exact) mass is 404 g/mol. The van der Waals surface area contributed by atoms with Gasteiger partial charge in [0.05, 0.1) is 6.04 Å². The van der Waals surface area contributed by atoms with Crippen molar-refractivity contribution in [1.29, 1.82) is 0 Å². The fourth-order valence-electron chi connectivity index (χ4n) is 3.53. The highest BCUT2D eigenvalue weighted by Gasteiger charge is 2.42. The molecule has 0 aliphatic carbocycles. The van der Waals surface area contributed by atoms with Gasteiger partial charge in [-0.05, 0) is 47.1 Å². The smallest absolute Gasteiger partial charge is 0.350 e. The molecular weight excluding hydrogens is 376 g/mol. The van der Waals surface area contributed by atoms with E-state index in [2.05, 4.69) is 5.32 Å². The molecule has 0 aromatic heterocycles. The number of aliphatic hydroxyl groups is 1. The van der Waals surface area contributed by atoms with Crippen molar-refractivity contribution < 1.29 is 29.0 Å². The van der Waals surface area contributed by atoms with Crippen LogP contribution in [-0.2, 0) is 25.7 Å². The highest BCUT2D eigenvalue weighted by molar-refractivity contribution is 6.00. The highest BCUT2D eigenvalue weighted by Crippen LogP contribution is 2.40. The first kappa shape index (κ1) is 21.3. The second-order valence-corrected chi connectivity index (χ2v) is 8.95. The third-order valence-corrected chi connectivity index (χ3v) is 4.97. The van der Waals surface area contributed by atoms with Crippen LogP contribution >= 0.6 is 0 Å². The molecule has 2 aliphatic heterocycles. The van der Waals surface area contributed by atoms with E-state index in [0.29, 0.717) is 23.3 Å². The predicted molar refractivity (Wildman–Crippen MR) is 104 cm³/mol. The number of fused-ring (bicyclic) bond motifs is 1. The van der Waals surface area contributed by atoms with Crippen LogP contribution in [0.25, 0.3) is 0 Å². The summed E-state index contributed by atoms with van der Waals surface area (Å²) in [6.45, 7) is 8.89. The van der Waals surface area contributed by atoms with Crippen molar-refractivity contribution >= 4 is 17.8 Å². The van der Waals surface area contributed by atoms with Crippen LogP contribution in [0.4, 0.5) is 0 Å². The van der Waals surface area contributed by atoms with E-state index in [1.54, 1.807) is 57.7 Å². The summed E-state index contributed by atoms with van der Waals surface area (Å²) in [5.74, 6) is -0.763. The summed E-state index contributed by atoms with van der Waals surface area (Å²) in [5.41, 5.74) is -0.557. The van der Waals surface area contributed by atoms with Crippen molar-refractivity contribution in [3.05, 3.63) is 29.3 Å². The second kappa shape index (κ2) is 7.42. The standard InChI is InChI=1S/C21H28N2O6/c1-20(2,3)29-19(27)21(4,5)28-15-8-6-7-12-13(15)11-23(18(12)26)14-9-10-16(24)22-17(14)25/h6-8,14,18,26H,9-11H2,1-5H3,(H,22,24,25). The van der Waals surface area contributed by atoms with E-state index < -0.39 is 35.3 Å². The lowest BCUT2D eigenvalue weighted by Gasteiger charge is -2.31. The topological polar surface area (TPSA) is 105 Å². The van der Waals surface area contributed by atoms with Gasteiger partial charge in [-0.3, -0.25) is 19.8 Å². The lowest BCUT2D eigenvalue weighted by Crippen LogP contribution is -2.51. The molecule has 2 heterocycles. The number of carbonyl (C=O) groups is 3. The Balaban J connectivity index is 1.82. The van der Waals surface area contributed by atoms with Gasteiger partial charge in [-0.15, -0.1) is 0 Å². The van der Waals surface area contributed by atoms with E-state index in [9.17, 15) is 19.5 Å². The number of aliphatic hydroxyl groups excluding tert-OH is 1. The van der Waals surface area contributed by atoms with Crippen LogP contribution in [-0.4, -0.2) is 45.0 Å². The van der Waals surface area contributed by atoms with Crippen molar-refractivity contribution in [3.63, 3.8) is 0 Å². The highest BCUT2D eigenvalue weighted by atomic mass is 16.6. The number of nitrogens with zero attached hydrogens (tertiary/aromatic N) is 1. The van der Waals surface area contributed by atoms with Crippen LogP contribution in [0.15, 0.2) is 18.2 Å². The molecule has 0 radical (unpaired) electrons. The number of imide groups is 1. The Labute approximate surface area is 170 Å². The predicted octanol–water partition coefficient (Wildman–Crippen LogP) is 1.80. The van der Waals surface area contributed by atoms with Crippen LogP contribution in [0.3, 0.4) is 0 Å². The minimum atomic E-state index is -1.24. The SMILES string of the molecule is CC(C)(C)OC(=O)C(C)(C)Oc1cccc2c1CN(C1CCC(=O)NC1=O)C2O.